The van der Waals surface area contributed by atoms with Gasteiger partial charge in [-0.1, -0.05) is 26.7 Å². The number of likely N-dealkylation sites (N-methyl/N-ethyl adjacent to an activating group) is 1. The van der Waals surface area contributed by atoms with E-state index in [4.69, 9.17) is 0 Å². The van der Waals surface area contributed by atoms with E-state index in [0.717, 1.165) is 38.0 Å². The SMILES string of the molecule is CC(C)C1CCCC(N(C)CC(=O)N2CCNCC2)CC1. The van der Waals surface area contributed by atoms with Gasteiger partial charge in [0.05, 0.1) is 6.54 Å². The molecule has 1 N–H and O–H groups in total. The molecule has 4 heteroatoms. The maximum atomic E-state index is 12.4. The van der Waals surface area contributed by atoms with Gasteiger partial charge in [-0.3, -0.25) is 9.69 Å². The van der Waals surface area contributed by atoms with E-state index in [0.29, 0.717) is 18.5 Å². The molecule has 2 unspecified atom stereocenters. The van der Waals surface area contributed by atoms with Crippen LogP contribution in [0.2, 0.25) is 0 Å². The van der Waals surface area contributed by atoms with Crippen molar-refractivity contribution < 1.29 is 4.79 Å². The van der Waals surface area contributed by atoms with Gasteiger partial charge in [-0.25, -0.2) is 0 Å². The van der Waals surface area contributed by atoms with E-state index in [9.17, 15) is 4.79 Å². The predicted octanol–water partition coefficient (Wildman–Crippen LogP) is 1.95. The largest absolute Gasteiger partial charge is 0.339 e. The first kappa shape index (κ1) is 16.8. The summed E-state index contributed by atoms with van der Waals surface area (Å²) in [6, 6.07) is 0.598. The third-order valence-electron chi connectivity index (χ3n) is 5.40. The van der Waals surface area contributed by atoms with Gasteiger partial charge in [-0.15, -0.1) is 0 Å². The molecule has 2 atom stereocenters. The quantitative estimate of drug-likeness (QED) is 0.805. The van der Waals surface area contributed by atoms with Crippen molar-refractivity contribution in [3.63, 3.8) is 0 Å². The van der Waals surface area contributed by atoms with Crippen molar-refractivity contribution in [3.05, 3.63) is 0 Å². The first-order valence-electron chi connectivity index (χ1n) is 8.76. The van der Waals surface area contributed by atoms with Gasteiger partial charge in [0.25, 0.3) is 0 Å². The fraction of sp³-hybridized carbons (Fsp3) is 0.941. The van der Waals surface area contributed by atoms with E-state index >= 15 is 0 Å². The molecule has 0 aromatic rings. The molecule has 0 aromatic heterocycles. The highest BCUT2D eigenvalue weighted by Crippen LogP contribution is 2.30. The van der Waals surface area contributed by atoms with Crippen molar-refractivity contribution in [1.29, 1.82) is 0 Å². The van der Waals surface area contributed by atoms with Crippen LogP contribution in [0.25, 0.3) is 0 Å². The lowest BCUT2D eigenvalue weighted by Crippen LogP contribution is -2.50. The van der Waals surface area contributed by atoms with Crippen LogP contribution in [-0.2, 0) is 4.79 Å². The minimum Gasteiger partial charge on any atom is -0.339 e. The van der Waals surface area contributed by atoms with Gasteiger partial charge in [0.15, 0.2) is 0 Å². The number of carbonyl (C=O) groups is 1. The number of nitrogens with one attached hydrogen (secondary N) is 1. The minimum atomic E-state index is 0.309. The predicted molar refractivity (Wildman–Crippen MR) is 87.3 cm³/mol. The Morgan fingerprint density at radius 1 is 1.19 bits per heavy atom. The lowest BCUT2D eigenvalue weighted by atomic mass is 9.89. The van der Waals surface area contributed by atoms with Crippen LogP contribution in [0.15, 0.2) is 0 Å². The number of hydrogen-bond acceptors (Lipinski definition) is 3. The number of piperazine rings is 1. The molecule has 2 fully saturated rings. The lowest BCUT2D eigenvalue weighted by Gasteiger charge is -2.32. The van der Waals surface area contributed by atoms with Crippen LogP contribution in [0.5, 0.6) is 0 Å². The van der Waals surface area contributed by atoms with E-state index in [1.807, 2.05) is 4.90 Å². The molecule has 4 nitrogen and oxygen atoms in total. The zero-order valence-corrected chi connectivity index (χ0v) is 14.1. The molecular weight excluding hydrogens is 262 g/mol. The molecule has 0 aromatic carbocycles. The minimum absolute atomic E-state index is 0.309. The second-order valence-corrected chi connectivity index (χ2v) is 7.21. The summed E-state index contributed by atoms with van der Waals surface area (Å²) in [4.78, 5) is 16.7. The van der Waals surface area contributed by atoms with Gasteiger partial charge in [-0.05, 0) is 38.1 Å². The normalized spacial score (nSPS) is 28.0. The summed E-state index contributed by atoms with van der Waals surface area (Å²) in [7, 11) is 2.14. The summed E-state index contributed by atoms with van der Waals surface area (Å²) >= 11 is 0. The van der Waals surface area contributed by atoms with Crippen LogP contribution >= 0.6 is 0 Å². The van der Waals surface area contributed by atoms with E-state index in [2.05, 4.69) is 31.1 Å². The fourth-order valence-corrected chi connectivity index (χ4v) is 3.77. The van der Waals surface area contributed by atoms with Crippen LogP contribution in [-0.4, -0.2) is 61.5 Å². The molecule has 1 saturated carbocycles. The maximum Gasteiger partial charge on any atom is 0.236 e. The Bertz CT molecular complexity index is 326. The molecule has 0 spiro atoms. The molecule has 1 aliphatic carbocycles. The smallest absolute Gasteiger partial charge is 0.236 e. The highest BCUT2D eigenvalue weighted by Gasteiger charge is 2.25. The topological polar surface area (TPSA) is 35.6 Å². The van der Waals surface area contributed by atoms with Gasteiger partial charge in [-0.2, -0.15) is 0 Å². The summed E-state index contributed by atoms with van der Waals surface area (Å²) in [5.74, 6) is 1.99. The van der Waals surface area contributed by atoms with Gasteiger partial charge in [0.2, 0.25) is 5.91 Å². The number of hydrogen-bond donors (Lipinski definition) is 1. The highest BCUT2D eigenvalue weighted by molar-refractivity contribution is 5.78. The lowest BCUT2D eigenvalue weighted by molar-refractivity contribution is -0.133. The van der Waals surface area contributed by atoms with Crippen molar-refractivity contribution in [3.8, 4) is 0 Å². The van der Waals surface area contributed by atoms with Crippen molar-refractivity contribution in [1.82, 2.24) is 15.1 Å². The van der Waals surface area contributed by atoms with E-state index < -0.39 is 0 Å². The monoisotopic (exact) mass is 295 g/mol. The Morgan fingerprint density at radius 3 is 2.57 bits per heavy atom. The molecular formula is C17H33N3O. The molecule has 122 valence electrons. The molecule has 2 rings (SSSR count). The van der Waals surface area contributed by atoms with Crippen LogP contribution < -0.4 is 5.32 Å². The Balaban J connectivity index is 1.79. The van der Waals surface area contributed by atoms with Crippen molar-refractivity contribution in [2.24, 2.45) is 11.8 Å². The zero-order valence-electron chi connectivity index (χ0n) is 14.1. The molecule has 0 radical (unpaired) electrons. The average molecular weight is 295 g/mol. The highest BCUT2D eigenvalue weighted by atomic mass is 16.2. The van der Waals surface area contributed by atoms with E-state index in [1.54, 1.807) is 0 Å². The molecule has 0 bridgehead atoms. The summed E-state index contributed by atoms with van der Waals surface area (Å²) in [6.45, 7) is 8.91. The molecule has 1 heterocycles. The molecule has 1 amide bonds. The van der Waals surface area contributed by atoms with Gasteiger partial charge >= 0.3 is 0 Å². The number of amides is 1. The Hall–Kier alpha value is -0.610. The molecule has 1 aliphatic heterocycles. The summed E-state index contributed by atoms with van der Waals surface area (Å²) in [6.07, 6.45) is 6.53. The van der Waals surface area contributed by atoms with Gasteiger partial charge < -0.3 is 10.2 Å². The summed E-state index contributed by atoms with van der Waals surface area (Å²) in [5.41, 5.74) is 0. The maximum absolute atomic E-state index is 12.4. The third kappa shape index (κ3) is 4.96. The first-order valence-corrected chi connectivity index (χ1v) is 8.76. The van der Waals surface area contributed by atoms with Crippen LogP contribution in [0, 0.1) is 11.8 Å². The second kappa shape index (κ2) is 8.14. The Morgan fingerprint density at radius 2 is 1.90 bits per heavy atom. The Kier molecular flexibility index (Phi) is 6.49. The Labute approximate surface area is 130 Å². The number of rotatable bonds is 4. The van der Waals surface area contributed by atoms with Gasteiger partial charge in [0.1, 0.15) is 0 Å². The van der Waals surface area contributed by atoms with Gasteiger partial charge in [0, 0.05) is 32.2 Å². The van der Waals surface area contributed by atoms with Crippen LogP contribution in [0.1, 0.15) is 46.0 Å². The standard InChI is InChI=1S/C17H33N3O/c1-14(2)15-5-4-6-16(8-7-15)19(3)13-17(21)20-11-9-18-10-12-20/h14-16,18H,4-13H2,1-3H3. The zero-order chi connectivity index (χ0) is 15.2. The van der Waals surface area contributed by atoms with E-state index in [-0.39, 0.29) is 0 Å². The second-order valence-electron chi connectivity index (χ2n) is 7.21. The summed E-state index contributed by atoms with van der Waals surface area (Å²) < 4.78 is 0. The van der Waals surface area contributed by atoms with Crippen LogP contribution in [0.3, 0.4) is 0 Å². The number of nitrogens with zero attached hydrogens (tertiary/aromatic N) is 2. The van der Waals surface area contributed by atoms with Crippen LogP contribution in [0.4, 0.5) is 0 Å². The third-order valence-corrected chi connectivity index (χ3v) is 5.40. The van der Waals surface area contributed by atoms with Crippen molar-refractivity contribution in [2.75, 3.05) is 39.8 Å². The average Bonchev–Trinajstić information content (AvgIpc) is 2.74. The molecule has 2 aliphatic rings. The van der Waals surface area contributed by atoms with Crippen molar-refractivity contribution >= 4 is 5.91 Å². The number of carbonyl (C=O) groups excluding carboxylic acids is 1. The van der Waals surface area contributed by atoms with Crippen molar-refractivity contribution in [2.45, 2.75) is 52.0 Å². The first-order chi connectivity index (χ1) is 10.1. The molecule has 1 saturated heterocycles. The summed E-state index contributed by atoms with van der Waals surface area (Å²) in [5, 5.41) is 3.30. The molecule has 21 heavy (non-hydrogen) atoms. The van der Waals surface area contributed by atoms with E-state index in [1.165, 1.54) is 32.1 Å². The fourth-order valence-electron chi connectivity index (χ4n) is 3.77.